The van der Waals surface area contributed by atoms with Gasteiger partial charge in [0.25, 0.3) is 5.91 Å². The molecule has 1 N–H and O–H groups in total. The summed E-state index contributed by atoms with van der Waals surface area (Å²) in [6, 6.07) is 7.38. The van der Waals surface area contributed by atoms with Gasteiger partial charge < -0.3 is 14.6 Å². The van der Waals surface area contributed by atoms with Crippen molar-refractivity contribution in [2.45, 2.75) is 12.8 Å². The van der Waals surface area contributed by atoms with Gasteiger partial charge in [0.2, 0.25) is 10.0 Å². The summed E-state index contributed by atoms with van der Waals surface area (Å²) in [5.74, 6) is 0.368. The number of nitrogens with one attached hydrogen (secondary N) is 1. The van der Waals surface area contributed by atoms with Gasteiger partial charge in [-0.3, -0.25) is 4.79 Å². The molecule has 1 aromatic carbocycles. The predicted molar refractivity (Wildman–Crippen MR) is 96.4 cm³/mol. The Kier molecular flexibility index (Phi) is 5.01. The van der Waals surface area contributed by atoms with E-state index in [2.05, 4.69) is 5.32 Å². The standard InChI is InChI=1S/C17H23N3O4S/c1-19-15-6-5-14(24-2)11-13(15)12-16(19)17(21)18-7-10-25(22,23)20-8-3-4-9-20/h5-6,11-12H,3-4,7-10H2,1-2H3,(H,18,21). The molecule has 136 valence electrons. The summed E-state index contributed by atoms with van der Waals surface area (Å²) < 4.78 is 32.9. The smallest absolute Gasteiger partial charge is 0.267 e. The number of aromatic nitrogens is 1. The molecule has 0 aliphatic carbocycles. The molecule has 0 saturated carbocycles. The zero-order chi connectivity index (χ0) is 18.0. The van der Waals surface area contributed by atoms with Crippen LogP contribution in [0.15, 0.2) is 24.3 Å². The number of benzene rings is 1. The summed E-state index contributed by atoms with van der Waals surface area (Å²) >= 11 is 0. The third-order valence-electron chi connectivity index (χ3n) is 4.59. The fraction of sp³-hybridized carbons (Fsp3) is 0.471. The van der Waals surface area contributed by atoms with Crippen molar-refractivity contribution in [3.05, 3.63) is 30.0 Å². The number of nitrogens with zero attached hydrogens (tertiary/aromatic N) is 2. The van der Waals surface area contributed by atoms with Crippen molar-refractivity contribution in [1.82, 2.24) is 14.2 Å². The number of carbonyl (C=O) groups is 1. The lowest BCUT2D eigenvalue weighted by Crippen LogP contribution is -2.36. The zero-order valence-corrected chi connectivity index (χ0v) is 15.3. The first-order chi connectivity index (χ1) is 11.9. The molecule has 0 atom stereocenters. The first-order valence-corrected chi connectivity index (χ1v) is 9.93. The Balaban J connectivity index is 1.67. The minimum Gasteiger partial charge on any atom is -0.497 e. The van der Waals surface area contributed by atoms with Crippen molar-refractivity contribution in [3.63, 3.8) is 0 Å². The summed E-state index contributed by atoms with van der Waals surface area (Å²) in [6.07, 6.45) is 1.82. The number of ether oxygens (including phenoxy) is 1. The number of aryl methyl sites for hydroxylation is 1. The minimum atomic E-state index is -3.29. The second kappa shape index (κ2) is 7.05. The summed E-state index contributed by atoms with van der Waals surface area (Å²) in [5, 5.41) is 3.61. The van der Waals surface area contributed by atoms with Crippen molar-refractivity contribution >= 4 is 26.8 Å². The molecule has 1 amide bonds. The molecule has 0 spiro atoms. The van der Waals surface area contributed by atoms with Gasteiger partial charge in [-0.2, -0.15) is 0 Å². The van der Waals surface area contributed by atoms with Crippen LogP contribution in [-0.4, -0.2) is 55.7 Å². The second-order valence-corrected chi connectivity index (χ2v) is 8.28. The Morgan fingerprint density at radius 1 is 1.24 bits per heavy atom. The van der Waals surface area contributed by atoms with Crippen LogP contribution < -0.4 is 10.1 Å². The van der Waals surface area contributed by atoms with E-state index in [4.69, 9.17) is 4.74 Å². The Hall–Kier alpha value is -2.06. The highest BCUT2D eigenvalue weighted by molar-refractivity contribution is 7.89. The molecule has 0 radical (unpaired) electrons. The third-order valence-corrected chi connectivity index (χ3v) is 6.46. The molecule has 25 heavy (non-hydrogen) atoms. The Bertz CT molecular complexity index is 883. The van der Waals surface area contributed by atoms with Gasteiger partial charge in [0, 0.05) is 37.6 Å². The fourth-order valence-corrected chi connectivity index (χ4v) is 4.58. The van der Waals surface area contributed by atoms with Crippen molar-refractivity contribution in [3.8, 4) is 5.75 Å². The molecule has 1 aliphatic heterocycles. The predicted octanol–water partition coefficient (Wildman–Crippen LogP) is 1.34. The van der Waals surface area contributed by atoms with Crippen LogP contribution in [0.5, 0.6) is 5.75 Å². The quantitative estimate of drug-likeness (QED) is 0.838. The first-order valence-electron chi connectivity index (χ1n) is 8.32. The highest BCUT2D eigenvalue weighted by Gasteiger charge is 2.25. The van der Waals surface area contributed by atoms with Gasteiger partial charge in [0.05, 0.1) is 12.9 Å². The Labute approximate surface area is 147 Å². The molecule has 3 rings (SSSR count). The van der Waals surface area contributed by atoms with Gasteiger partial charge in [0.15, 0.2) is 0 Å². The van der Waals surface area contributed by atoms with E-state index >= 15 is 0 Å². The van der Waals surface area contributed by atoms with Crippen LogP contribution in [0.4, 0.5) is 0 Å². The van der Waals surface area contributed by atoms with Crippen LogP contribution in [0.1, 0.15) is 23.3 Å². The van der Waals surface area contributed by atoms with Gasteiger partial charge >= 0.3 is 0 Å². The molecule has 1 aliphatic rings. The summed E-state index contributed by atoms with van der Waals surface area (Å²) in [6.45, 7) is 1.27. The monoisotopic (exact) mass is 365 g/mol. The molecule has 0 bridgehead atoms. The maximum atomic E-state index is 12.4. The molecule has 1 saturated heterocycles. The summed E-state index contributed by atoms with van der Waals surface area (Å²) in [4.78, 5) is 12.4. The lowest BCUT2D eigenvalue weighted by atomic mass is 10.2. The van der Waals surface area contributed by atoms with E-state index in [1.54, 1.807) is 17.7 Å². The topological polar surface area (TPSA) is 80.6 Å². The molecule has 2 aromatic rings. The average Bonchev–Trinajstić information content (AvgIpc) is 3.23. The van der Waals surface area contributed by atoms with Crippen LogP contribution in [0.3, 0.4) is 0 Å². The number of carbonyl (C=O) groups excluding carboxylic acids is 1. The van der Waals surface area contributed by atoms with E-state index in [0.717, 1.165) is 29.5 Å². The van der Waals surface area contributed by atoms with Crippen molar-refractivity contribution < 1.29 is 17.9 Å². The largest absolute Gasteiger partial charge is 0.497 e. The van der Waals surface area contributed by atoms with E-state index in [1.165, 1.54) is 4.31 Å². The number of fused-ring (bicyclic) bond motifs is 1. The van der Waals surface area contributed by atoms with Gasteiger partial charge in [-0.25, -0.2) is 12.7 Å². The van der Waals surface area contributed by atoms with E-state index in [1.807, 2.05) is 25.2 Å². The van der Waals surface area contributed by atoms with Crippen LogP contribution in [0, 0.1) is 0 Å². The van der Waals surface area contributed by atoms with E-state index in [0.29, 0.717) is 18.8 Å². The lowest BCUT2D eigenvalue weighted by Gasteiger charge is -2.15. The number of amides is 1. The van der Waals surface area contributed by atoms with Crippen molar-refractivity contribution in [2.75, 3.05) is 32.5 Å². The number of hydrogen-bond acceptors (Lipinski definition) is 4. The van der Waals surface area contributed by atoms with Crippen molar-refractivity contribution in [2.24, 2.45) is 7.05 Å². The molecule has 1 fully saturated rings. The van der Waals surface area contributed by atoms with E-state index < -0.39 is 10.0 Å². The normalized spacial score (nSPS) is 15.6. The number of rotatable bonds is 6. The summed E-state index contributed by atoms with van der Waals surface area (Å²) in [5.41, 5.74) is 1.40. The van der Waals surface area contributed by atoms with Gasteiger partial charge in [-0.15, -0.1) is 0 Å². The maximum Gasteiger partial charge on any atom is 0.267 e. The fourth-order valence-electron chi connectivity index (χ4n) is 3.15. The SMILES string of the molecule is COc1ccc2c(c1)cc(C(=O)NCCS(=O)(=O)N1CCCC1)n2C. The number of methoxy groups -OCH3 is 1. The third kappa shape index (κ3) is 3.64. The minimum absolute atomic E-state index is 0.0729. The first kappa shape index (κ1) is 17.8. The molecular formula is C17H23N3O4S. The second-order valence-electron chi connectivity index (χ2n) is 6.19. The zero-order valence-electron chi connectivity index (χ0n) is 14.5. The van der Waals surface area contributed by atoms with Gasteiger partial charge in [0.1, 0.15) is 11.4 Å². The van der Waals surface area contributed by atoms with Crippen LogP contribution >= 0.6 is 0 Å². The average molecular weight is 365 g/mol. The molecule has 2 heterocycles. The number of sulfonamides is 1. The molecule has 0 unspecified atom stereocenters. The summed E-state index contributed by atoms with van der Waals surface area (Å²) in [7, 11) is 0.120. The lowest BCUT2D eigenvalue weighted by molar-refractivity contribution is 0.0948. The molecule has 1 aromatic heterocycles. The van der Waals surface area contributed by atoms with E-state index in [-0.39, 0.29) is 18.2 Å². The highest BCUT2D eigenvalue weighted by Crippen LogP contribution is 2.23. The van der Waals surface area contributed by atoms with Crippen LogP contribution in [0.2, 0.25) is 0 Å². The number of hydrogen-bond donors (Lipinski definition) is 1. The van der Waals surface area contributed by atoms with E-state index in [9.17, 15) is 13.2 Å². The van der Waals surface area contributed by atoms with Crippen molar-refractivity contribution in [1.29, 1.82) is 0 Å². The molecule has 8 heteroatoms. The molecular weight excluding hydrogens is 342 g/mol. The maximum absolute atomic E-state index is 12.4. The van der Waals surface area contributed by atoms with Crippen LogP contribution in [0.25, 0.3) is 10.9 Å². The molecule has 7 nitrogen and oxygen atoms in total. The Morgan fingerprint density at radius 3 is 2.64 bits per heavy atom. The Morgan fingerprint density at radius 2 is 1.96 bits per heavy atom. The van der Waals surface area contributed by atoms with Gasteiger partial charge in [-0.1, -0.05) is 0 Å². The highest BCUT2D eigenvalue weighted by atomic mass is 32.2. The van der Waals surface area contributed by atoms with Gasteiger partial charge in [-0.05, 0) is 37.1 Å². The van der Waals surface area contributed by atoms with Crippen LogP contribution in [-0.2, 0) is 17.1 Å².